The molecule has 0 unspecified atom stereocenters. The Balaban J connectivity index is 1.65. The molecule has 2 aromatic rings. The van der Waals surface area contributed by atoms with Crippen molar-refractivity contribution in [3.8, 4) is 0 Å². The number of benzene rings is 1. The third-order valence-corrected chi connectivity index (χ3v) is 3.62. The number of nitrogens with one attached hydrogen (secondary N) is 2. The van der Waals surface area contributed by atoms with Gasteiger partial charge in [-0.1, -0.05) is 18.2 Å². The van der Waals surface area contributed by atoms with Crippen LogP contribution in [0.25, 0.3) is 0 Å². The molecule has 0 bridgehead atoms. The minimum Gasteiger partial charge on any atom is -0.353 e. The van der Waals surface area contributed by atoms with Crippen LogP contribution in [0.5, 0.6) is 0 Å². The molecule has 0 saturated heterocycles. The summed E-state index contributed by atoms with van der Waals surface area (Å²) in [6.45, 7) is 0.143. The number of carbonyl (C=O) groups excluding carboxylic acids is 2. The molecule has 1 aromatic heterocycles. The van der Waals surface area contributed by atoms with Gasteiger partial charge in [0.2, 0.25) is 5.91 Å². The number of rotatable bonds is 6. The van der Waals surface area contributed by atoms with E-state index in [4.69, 9.17) is 0 Å². The highest BCUT2D eigenvalue weighted by molar-refractivity contribution is 6.02. The third-order valence-electron chi connectivity index (χ3n) is 3.62. The smallest absolute Gasteiger partial charge is 0.276 e. The van der Waals surface area contributed by atoms with E-state index in [1.54, 1.807) is 12.1 Å². The van der Waals surface area contributed by atoms with E-state index in [2.05, 4.69) is 15.7 Å². The van der Waals surface area contributed by atoms with Gasteiger partial charge in [0.1, 0.15) is 5.69 Å². The largest absolute Gasteiger partial charge is 0.353 e. The quantitative estimate of drug-likeness (QED) is 0.833. The molecule has 1 aromatic carbocycles. The second kappa shape index (κ2) is 7.08. The highest BCUT2D eigenvalue weighted by Gasteiger charge is 2.23. The molecule has 1 saturated carbocycles. The maximum absolute atomic E-state index is 12.2. The fourth-order valence-corrected chi connectivity index (χ4v) is 2.18. The molecular formula is C17H18N4O3. The summed E-state index contributed by atoms with van der Waals surface area (Å²) in [7, 11) is 0. The van der Waals surface area contributed by atoms with Gasteiger partial charge in [0.15, 0.2) is 0 Å². The molecule has 2 amide bonds. The van der Waals surface area contributed by atoms with Crippen molar-refractivity contribution in [1.82, 2.24) is 15.1 Å². The summed E-state index contributed by atoms with van der Waals surface area (Å²) < 4.78 is 1.15. The molecule has 1 aliphatic carbocycles. The van der Waals surface area contributed by atoms with E-state index in [0.717, 1.165) is 17.5 Å². The van der Waals surface area contributed by atoms with Crippen molar-refractivity contribution in [2.24, 2.45) is 0 Å². The van der Waals surface area contributed by atoms with Gasteiger partial charge in [-0.25, -0.2) is 4.68 Å². The van der Waals surface area contributed by atoms with Crippen LogP contribution in [-0.4, -0.2) is 27.6 Å². The van der Waals surface area contributed by atoms with Gasteiger partial charge in [0.05, 0.1) is 6.54 Å². The Kier molecular flexibility index (Phi) is 4.69. The van der Waals surface area contributed by atoms with Gasteiger partial charge in [-0.05, 0) is 31.0 Å². The molecule has 0 spiro atoms. The molecule has 124 valence electrons. The van der Waals surface area contributed by atoms with E-state index in [-0.39, 0.29) is 36.2 Å². The lowest BCUT2D eigenvalue weighted by Crippen LogP contribution is -2.30. The maximum atomic E-state index is 12.2. The number of hydrogen-bond donors (Lipinski definition) is 2. The molecule has 3 rings (SSSR count). The van der Waals surface area contributed by atoms with Crippen molar-refractivity contribution in [2.75, 3.05) is 5.32 Å². The summed E-state index contributed by atoms with van der Waals surface area (Å²) in [6.07, 6.45) is 2.19. The van der Waals surface area contributed by atoms with Gasteiger partial charge in [-0.3, -0.25) is 14.4 Å². The minimum atomic E-state index is -0.405. The van der Waals surface area contributed by atoms with Crippen molar-refractivity contribution in [2.45, 2.75) is 31.8 Å². The van der Waals surface area contributed by atoms with Gasteiger partial charge < -0.3 is 10.6 Å². The molecule has 0 radical (unpaired) electrons. The zero-order valence-corrected chi connectivity index (χ0v) is 13.1. The van der Waals surface area contributed by atoms with Crippen LogP contribution in [0.1, 0.15) is 29.8 Å². The van der Waals surface area contributed by atoms with Gasteiger partial charge in [0.25, 0.3) is 11.5 Å². The van der Waals surface area contributed by atoms with Crippen LogP contribution >= 0.6 is 0 Å². The normalized spacial score (nSPS) is 13.3. The Hall–Kier alpha value is -2.96. The lowest BCUT2D eigenvalue weighted by Gasteiger charge is -2.08. The van der Waals surface area contributed by atoms with Crippen LogP contribution in [0.2, 0.25) is 0 Å². The number of hydrogen-bond acceptors (Lipinski definition) is 4. The van der Waals surface area contributed by atoms with E-state index in [9.17, 15) is 14.4 Å². The highest BCUT2D eigenvalue weighted by Crippen LogP contribution is 2.18. The first-order valence-electron chi connectivity index (χ1n) is 7.86. The van der Waals surface area contributed by atoms with E-state index in [1.165, 1.54) is 12.1 Å². The van der Waals surface area contributed by atoms with Crippen LogP contribution in [0, 0.1) is 0 Å². The van der Waals surface area contributed by atoms with Crippen molar-refractivity contribution < 1.29 is 9.59 Å². The highest BCUT2D eigenvalue weighted by atomic mass is 16.2. The van der Waals surface area contributed by atoms with E-state index < -0.39 is 5.91 Å². The molecule has 7 nitrogen and oxygen atoms in total. The van der Waals surface area contributed by atoms with Crippen molar-refractivity contribution >= 4 is 17.5 Å². The average Bonchev–Trinajstić information content (AvgIpc) is 3.39. The first-order chi connectivity index (χ1) is 11.6. The summed E-state index contributed by atoms with van der Waals surface area (Å²) in [4.78, 5) is 35.7. The molecule has 1 heterocycles. The van der Waals surface area contributed by atoms with E-state index >= 15 is 0 Å². The van der Waals surface area contributed by atoms with Crippen molar-refractivity contribution in [3.63, 3.8) is 0 Å². The fraction of sp³-hybridized carbons (Fsp3) is 0.294. The number of nitrogens with zero attached hydrogens (tertiary/aromatic N) is 2. The van der Waals surface area contributed by atoms with Crippen LogP contribution in [0.15, 0.2) is 47.3 Å². The Morgan fingerprint density at radius 2 is 1.88 bits per heavy atom. The number of amides is 2. The van der Waals surface area contributed by atoms with Gasteiger partial charge in [-0.15, -0.1) is 0 Å². The molecule has 7 heteroatoms. The molecule has 1 aliphatic rings. The Labute approximate surface area is 138 Å². The number of aryl methyl sites for hydroxylation is 1. The minimum absolute atomic E-state index is 0.106. The van der Waals surface area contributed by atoms with Crippen molar-refractivity contribution in [3.05, 3.63) is 58.5 Å². The topological polar surface area (TPSA) is 93.1 Å². The first kappa shape index (κ1) is 15.9. The molecule has 0 atom stereocenters. The molecule has 1 fully saturated rings. The van der Waals surface area contributed by atoms with Crippen LogP contribution in [0.4, 0.5) is 5.69 Å². The second-order valence-corrected chi connectivity index (χ2v) is 5.69. The van der Waals surface area contributed by atoms with Crippen LogP contribution in [-0.2, 0) is 11.3 Å². The summed E-state index contributed by atoms with van der Waals surface area (Å²) >= 11 is 0. The summed E-state index contributed by atoms with van der Waals surface area (Å²) in [6, 6.07) is 11.9. The number of para-hydroxylation sites is 1. The summed E-state index contributed by atoms with van der Waals surface area (Å²) in [5.41, 5.74) is 0.428. The third kappa shape index (κ3) is 4.28. The number of aromatic nitrogens is 2. The molecule has 24 heavy (non-hydrogen) atoms. The second-order valence-electron chi connectivity index (χ2n) is 5.69. The molecule has 0 aliphatic heterocycles. The Bertz CT molecular complexity index is 797. The zero-order valence-electron chi connectivity index (χ0n) is 13.1. The van der Waals surface area contributed by atoms with Crippen LogP contribution < -0.4 is 16.2 Å². The first-order valence-corrected chi connectivity index (χ1v) is 7.86. The van der Waals surface area contributed by atoms with E-state index in [0.29, 0.717) is 5.69 Å². The maximum Gasteiger partial charge on any atom is 0.276 e. The van der Waals surface area contributed by atoms with E-state index in [1.807, 2.05) is 18.2 Å². The standard InChI is InChI=1S/C17H18N4O3/c22-15(18-13-6-7-13)10-11-21-16(23)9-8-14(20-21)17(24)19-12-4-2-1-3-5-12/h1-5,8-9,13H,6-7,10-11H2,(H,18,22)(H,19,24). The molecule has 2 N–H and O–H groups in total. The lowest BCUT2D eigenvalue weighted by molar-refractivity contribution is -0.121. The Morgan fingerprint density at radius 1 is 1.12 bits per heavy atom. The Morgan fingerprint density at radius 3 is 2.58 bits per heavy atom. The van der Waals surface area contributed by atoms with Crippen molar-refractivity contribution in [1.29, 1.82) is 0 Å². The predicted octanol–water partition coefficient (Wildman–Crippen LogP) is 1.16. The van der Waals surface area contributed by atoms with Gasteiger partial charge in [0, 0.05) is 24.2 Å². The predicted molar refractivity (Wildman–Crippen MR) is 88.7 cm³/mol. The monoisotopic (exact) mass is 326 g/mol. The zero-order chi connectivity index (χ0) is 16.9. The van der Waals surface area contributed by atoms with Gasteiger partial charge in [-0.2, -0.15) is 5.10 Å². The number of anilines is 1. The lowest BCUT2D eigenvalue weighted by atomic mass is 10.3. The summed E-state index contributed by atoms with van der Waals surface area (Å²) in [5.74, 6) is -0.511. The van der Waals surface area contributed by atoms with Crippen LogP contribution in [0.3, 0.4) is 0 Å². The SMILES string of the molecule is O=C(CCn1nc(C(=O)Nc2ccccc2)ccc1=O)NC1CC1. The average molecular weight is 326 g/mol. The summed E-state index contributed by atoms with van der Waals surface area (Å²) in [5, 5.41) is 9.61. The number of carbonyl (C=O) groups is 2. The van der Waals surface area contributed by atoms with Gasteiger partial charge >= 0.3 is 0 Å². The fourth-order valence-electron chi connectivity index (χ4n) is 2.18. The molecular weight excluding hydrogens is 308 g/mol.